The number of halogens is 2. The zero-order valence-corrected chi connectivity index (χ0v) is 12.3. The van der Waals surface area contributed by atoms with Gasteiger partial charge in [-0.05, 0) is 40.9 Å². The van der Waals surface area contributed by atoms with Gasteiger partial charge in [0.05, 0.1) is 10.2 Å². The number of cyclic esters (lactones) is 1. The average Bonchev–Trinajstić information content (AvgIpc) is 2.69. The summed E-state index contributed by atoms with van der Waals surface area (Å²) in [6, 6.07) is 1.96. The minimum Gasteiger partial charge on any atom is -0.507 e. The number of hydrogen-bond donors (Lipinski definition) is 1. The molecule has 0 bridgehead atoms. The van der Waals surface area contributed by atoms with Crippen molar-refractivity contribution in [2.45, 2.75) is 20.3 Å². The standard InChI is InChI=1S/C13H11BrFNO4/c1-3-6(2)11-12(18)16(13(19)20-11)9-5-10(17)7(14)4-8(9)15/h4-5,17H,3H2,1-2H3. The molecule has 0 unspecified atom stereocenters. The van der Waals surface area contributed by atoms with E-state index in [9.17, 15) is 19.1 Å². The van der Waals surface area contributed by atoms with E-state index in [1.54, 1.807) is 13.8 Å². The van der Waals surface area contributed by atoms with Crippen molar-refractivity contribution >= 4 is 33.6 Å². The van der Waals surface area contributed by atoms with Crippen LogP contribution in [0, 0.1) is 5.82 Å². The Kier molecular flexibility index (Phi) is 3.80. The number of hydrogen-bond acceptors (Lipinski definition) is 4. The van der Waals surface area contributed by atoms with Crippen molar-refractivity contribution in [3.63, 3.8) is 0 Å². The molecule has 1 fully saturated rings. The average molecular weight is 344 g/mol. The highest BCUT2D eigenvalue weighted by Gasteiger charge is 2.40. The number of benzene rings is 1. The molecule has 7 heteroatoms. The van der Waals surface area contributed by atoms with Crippen molar-refractivity contribution in [3.05, 3.63) is 33.8 Å². The number of carbonyl (C=O) groups excluding carboxylic acids is 2. The largest absolute Gasteiger partial charge is 0.507 e. The van der Waals surface area contributed by atoms with Gasteiger partial charge in [0.15, 0.2) is 5.76 Å². The molecule has 1 aliphatic heterocycles. The van der Waals surface area contributed by atoms with Gasteiger partial charge in [0.25, 0.3) is 0 Å². The zero-order chi connectivity index (χ0) is 15.0. The number of carbonyl (C=O) groups is 2. The fourth-order valence-electron chi connectivity index (χ4n) is 1.70. The minimum absolute atomic E-state index is 0.0979. The van der Waals surface area contributed by atoms with Crippen molar-refractivity contribution in [1.82, 2.24) is 0 Å². The van der Waals surface area contributed by atoms with E-state index < -0.39 is 17.8 Å². The van der Waals surface area contributed by atoms with Gasteiger partial charge >= 0.3 is 12.0 Å². The van der Waals surface area contributed by atoms with Crippen molar-refractivity contribution in [1.29, 1.82) is 0 Å². The van der Waals surface area contributed by atoms with Gasteiger partial charge in [0.1, 0.15) is 11.6 Å². The third-order valence-corrected chi connectivity index (χ3v) is 3.58. The molecule has 1 aromatic carbocycles. The van der Waals surface area contributed by atoms with Gasteiger partial charge in [0, 0.05) is 6.07 Å². The molecule has 1 aromatic rings. The highest BCUT2D eigenvalue weighted by molar-refractivity contribution is 9.10. The maximum Gasteiger partial charge on any atom is 0.427 e. The van der Waals surface area contributed by atoms with E-state index in [1.165, 1.54) is 0 Å². The summed E-state index contributed by atoms with van der Waals surface area (Å²) in [4.78, 5) is 24.4. The number of allylic oxidation sites excluding steroid dienone is 1. The van der Waals surface area contributed by atoms with Crippen LogP contribution in [0.5, 0.6) is 5.75 Å². The van der Waals surface area contributed by atoms with Crippen LogP contribution in [0.4, 0.5) is 14.9 Å². The molecule has 106 valence electrons. The Labute approximate surface area is 122 Å². The first-order chi connectivity index (χ1) is 9.36. The van der Waals surface area contributed by atoms with Crippen LogP contribution in [-0.2, 0) is 9.53 Å². The Morgan fingerprint density at radius 2 is 2.10 bits per heavy atom. The maximum absolute atomic E-state index is 13.9. The van der Waals surface area contributed by atoms with Gasteiger partial charge in [-0.1, -0.05) is 6.92 Å². The van der Waals surface area contributed by atoms with Gasteiger partial charge in [-0.15, -0.1) is 0 Å². The normalized spacial score (nSPS) is 17.5. The Bertz CT molecular complexity index is 642. The molecule has 0 radical (unpaired) electrons. The lowest BCUT2D eigenvalue weighted by Gasteiger charge is -2.12. The lowest BCUT2D eigenvalue weighted by atomic mass is 10.2. The molecule has 2 amide bonds. The van der Waals surface area contributed by atoms with E-state index in [1.807, 2.05) is 0 Å². The second-order valence-electron chi connectivity index (χ2n) is 4.23. The molecule has 1 aliphatic rings. The summed E-state index contributed by atoms with van der Waals surface area (Å²) in [7, 11) is 0. The van der Waals surface area contributed by atoms with E-state index in [4.69, 9.17) is 4.74 Å². The van der Waals surface area contributed by atoms with Gasteiger partial charge in [-0.25, -0.2) is 14.1 Å². The molecule has 1 heterocycles. The van der Waals surface area contributed by atoms with Crippen LogP contribution < -0.4 is 4.90 Å². The van der Waals surface area contributed by atoms with Crippen LogP contribution in [0.25, 0.3) is 0 Å². The Balaban J connectivity index is 2.52. The first kappa shape index (κ1) is 14.5. The van der Waals surface area contributed by atoms with E-state index >= 15 is 0 Å². The van der Waals surface area contributed by atoms with Crippen molar-refractivity contribution in [2.24, 2.45) is 0 Å². The second-order valence-corrected chi connectivity index (χ2v) is 5.08. The number of rotatable bonds is 2. The number of amides is 2. The lowest BCUT2D eigenvalue weighted by molar-refractivity contribution is -0.114. The molecule has 0 saturated carbocycles. The first-order valence-corrected chi connectivity index (χ1v) is 6.60. The van der Waals surface area contributed by atoms with Crippen LogP contribution in [0.15, 0.2) is 27.9 Å². The van der Waals surface area contributed by atoms with E-state index in [0.29, 0.717) is 16.9 Å². The van der Waals surface area contributed by atoms with Crippen LogP contribution in [0.2, 0.25) is 0 Å². The predicted molar refractivity (Wildman–Crippen MR) is 72.7 cm³/mol. The minimum atomic E-state index is -0.988. The van der Waals surface area contributed by atoms with E-state index in [-0.39, 0.29) is 21.7 Å². The molecule has 1 N–H and O–H groups in total. The molecule has 0 aromatic heterocycles. The van der Waals surface area contributed by atoms with Crippen LogP contribution in [0.1, 0.15) is 20.3 Å². The smallest absolute Gasteiger partial charge is 0.427 e. The number of phenolic OH excluding ortho intramolecular Hbond substituents is 1. The zero-order valence-electron chi connectivity index (χ0n) is 10.7. The summed E-state index contributed by atoms with van der Waals surface area (Å²) in [5, 5.41) is 9.56. The topological polar surface area (TPSA) is 66.8 Å². The fraction of sp³-hybridized carbons (Fsp3) is 0.231. The molecular weight excluding hydrogens is 333 g/mol. The summed E-state index contributed by atoms with van der Waals surface area (Å²) < 4.78 is 18.9. The van der Waals surface area contributed by atoms with E-state index in [2.05, 4.69) is 15.9 Å². The summed E-state index contributed by atoms with van der Waals surface area (Å²) in [5.41, 5.74) is 0.243. The molecular formula is C13H11BrFNO4. The number of aromatic hydroxyl groups is 1. The first-order valence-electron chi connectivity index (χ1n) is 5.80. The fourth-order valence-corrected chi connectivity index (χ4v) is 2.01. The Hall–Kier alpha value is -1.89. The second kappa shape index (κ2) is 5.24. The molecule has 1 saturated heterocycles. The quantitative estimate of drug-likeness (QED) is 0.835. The van der Waals surface area contributed by atoms with Crippen LogP contribution >= 0.6 is 15.9 Å². The number of anilines is 1. The van der Waals surface area contributed by atoms with Gasteiger partial charge in [0.2, 0.25) is 0 Å². The highest BCUT2D eigenvalue weighted by atomic mass is 79.9. The van der Waals surface area contributed by atoms with Crippen molar-refractivity contribution in [3.8, 4) is 5.75 Å². The van der Waals surface area contributed by atoms with Crippen LogP contribution in [-0.4, -0.2) is 17.1 Å². The molecule has 0 aliphatic carbocycles. The summed E-state index contributed by atoms with van der Waals surface area (Å²) in [6.45, 7) is 3.46. The highest BCUT2D eigenvalue weighted by Crippen LogP contribution is 2.35. The third kappa shape index (κ3) is 2.29. The third-order valence-electron chi connectivity index (χ3n) is 2.94. The summed E-state index contributed by atoms with van der Waals surface area (Å²) in [6.07, 6.45) is -0.464. The molecule has 0 spiro atoms. The molecule has 5 nitrogen and oxygen atoms in total. The predicted octanol–water partition coefficient (Wildman–Crippen LogP) is 3.46. The van der Waals surface area contributed by atoms with E-state index in [0.717, 1.165) is 12.1 Å². The molecule has 20 heavy (non-hydrogen) atoms. The monoisotopic (exact) mass is 343 g/mol. The summed E-state index contributed by atoms with van der Waals surface area (Å²) in [5.74, 6) is -1.95. The van der Waals surface area contributed by atoms with Crippen LogP contribution in [0.3, 0.4) is 0 Å². The SMILES string of the molecule is CCC(C)=C1OC(=O)N(c2cc(O)c(Br)cc2F)C1=O. The molecule has 0 atom stereocenters. The van der Waals surface area contributed by atoms with Gasteiger partial charge < -0.3 is 9.84 Å². The Morgan fingerprint density at radius 3 is 2.70 bits per heavy atom. The van der Waals surface area contributed by atoms with Crippen molar-refractivity contribution in [2.75, 3.05) is 4.90 Å². The number of imide groups is 1. The number of phenols is 1. The number of ether oxygens (including phenoxy) is 1. The maximum atomic E-state index is 13.9. The Morgan fingerprint density at radius 1 is 1.45 bits per heavy atom. The molecule has 2 rings (SSSR count). The number of nitrogens with zero attached hydrogens (tertiary/aromatic N) is 1. The summed E-state index contributed by atoms with van der Waals surface area (Å²) >= 11 is 2.95. The van der Waals surface area contributed by atoms with Gasteiger partial charge in [-0.3, -0.25) is 4.79 Å². The van der Waals surface area contributed by atoms with Gasteiger partial charge in [-0.2, -0.15) is 0 Å². The van der Waals surface area contributed by atoms with Crippen molar-refractivity contribution < 1.29 is 23.8 Å². The lowest BCUT2D eigenvalue weighted by Crippen LogP contribution is -2.29.